The molecule has 1 unspecified atom stereocenters. The van der Waals surface area contributed by atoms with Gasteiger partial charge in [0.15, 0.2) is 0 Å². The van der Waals surface area contributed by atoms with Crippen LogP contribution < -0.4 is 5.32 Å². The smallest absolute Gasteiger partial charge is 0.244 e. The van der Waals surface area contributed by atoms with Crippen molar-refractivity contribution in [1.82, 2.24) is 15.2 Å². The minimum Gasteiger partial charge on any atom is -0.387 e. The van der Waals surface area contributed by atoms with E-state index in [-0.39, 0.29) is 12.5 Å². The van der Waals surface area contributed by atoms with Gasteiger partial charge in [-0.15, -0.1) is 0 Å². The molecule has 0 spiro atoms. The van der Waals surface area contributed by atoms with Crippen molar-refractivity contribution < 1.29 is 9.90 Å². The first-order chi connectivity index (χ1) is 9.28. The number of amides is 1. The van der Waals surface area contributed by atoms with Crippen LogP contribution in [0.15, 0.2) is 24.4 Å². The normalized spacial score (nSPS) is 14.5. The van der Waals surface area contributed by atoms with E-state index in [9.17, 15) is 9.90 Å². The van der Waals surface area contributed by atoms with Crippen molar-refractivity contribution in [1.29, 1.82) is 0 Å². The number of hydrogen-bond donors (Lipinski definition) is 2. The van der Waals surface area contributed by atoms with Crippen LogP contribution in [-0.4, -0.2) is 53.7 Å². The van der Waals surface area contributed by atoms with Crippen LogP contribution in [0.3, 0.4) is 0 Å². The first-order valence-electron chi connectivity index (χ1n) is 6.23. The fourth-order valence-corrected chi connectivity index (χ4v) is 1.84. The van der Waals surface area contributed by atoms with Gasteiger partial charge in [-0.25, -0.2) is 4.98 Å². The van der Waals surface area contributed by atoms with E-state index in [1.54, 1.807) is 31.3 Å². The zero-order chi connectivity index (χ0) is 15.2. The Morgan fingerprint density at radius 2 is 2.25 bits per heavy atom. The van der Waals surface area contributed by atoms with Gasteiger partial charge in [0, 0.05) is 25.4 Å². The molecule has 0 aliphatic rings. The highest BCUT2D eigenvalue weighted by Gasteiger charge is 2.21. The number of nitrogens with zero attached hydrogens (tertiary/aromatic N) is 2. The molecule has 0 aromatic carbocycles. The lowest BCUT2D eigenvalue weighted by Crippen LogP contribution is -2.46. The van der Waals surface area contributed by atoms with Crippen LogP contribution in [0.4, 0.5) is 0 Å². The molecule has 2 N–H and O–H groups in total. The molecule has 1 rings (SSSR count). The summed E-state index contributed by atoms with van der Waals surface area (Å²) in [5, 5.41) is 13.1. The maximum atomic E-state index is 11.6. The minimum absolute atomic E-state index is 0.188. The number of nitrogens with one attached hydrogen (secondary N) is 1. The molecule has 110 valence electrons. The van der Waals surface area contributed by atoms with E-state index in [0.29, 0.717) is 11.7 Å². The molecule has 20 heavy (non-hydrogen) atoms. The molecule has 0 fully saturated rings. The van der Waals surface area contributed by atoms with Gasteiger partial charge in [0.2, 0.25) is 5.91 Å². The first kappa shape index (κ1) is 16.6. The first-order valence-corrected chi connectivity index (χ1v) is 6.61. The zero-order valence-electron chi connectivity index (χ0n) is 11.9. The van der Waals surface area contributed by atoms with E-state index >= 15 is 0 Å². The number of aromatic nitrogens is 1. The quantitative estimate of drug-likeness (QED) is 0.611. The summed E-state index contributed by atoms with van der Waals surface area (Å²) in [5.74, 6) is -0.265. The molecule has 6 heteroatoms. The van der Waals surface area contributed by atoms with Gasteiger partial charge >= 0.3 is 0 Å². The molecule has 0 aliphatic heterocycles. The molecule has 0 aliphatic carbocycles. The molecule has 0 saturated heterocycles. The second-order valence-corrected chi connectivity index (χ2v) is 5.59. The Morgan fingerprint density at radius 1 is 1.55 bits per heavy atom. The summed E-state index contributed by atoms with van der Waals surface area (Å²) in [7, 11) is 3.73. The van der Waals surface area contributed by atoms with Crippen molar-refractivity contribution in [3.63, 3.8) is 0 Å². The monoisotopic (exact) mass is 297 g/mol. The summed E-state index contributed by atoms with van der Waals surface area (Å²) in [5.41, 5.74) is -0.181. The Labute approximate surface area is 124 Å². The minimum atomic E-state index is -0.963. The van der Waals surface area contributed by atoms with Crippen LogP contribution in [0.25, 0.3) is 6.08 Å². The Balaban J connectivity index is 2.45. The number of hydrogen-bond acceptors (Lipinski definition) is 4. The van der Waals surface area contributed by atoms with Crippen LogP contribution in [0.2, 0.25) is 5.15 Å². The molecular weight excluding hydrogens is 278 g/mol. The second-order valence-electron chi connectivity index (χ2n) is 5.20. The highest BCUT2D eigenvalue weighted by atomic mass is 35.5. The molecule has 0 saturated carbocycles. The number of carbonyl (C=O) groups excluding carboxylic acids is 1. The maximum absolute atomic E-state index is 11.6. The van der Waals surface area contributed by atoms with E-state index in [4.69, 9.17) is 11.6 Å². The summed E-state index contributed by atoms with van der Waals surface area (Å²) >= 11 is 5.67. The van der Waals surface area contributed by atoms with E-state index in [1.807, 2.05) is 19.0 Å². The largest absolute Gasteiger partial charge is 0.387 e. The van der Waals surface area contributed by atoms with Crippen LogP contribution >= 0.6 is 11.6 Å². The number of rotatable bonds is 6. The molecule has 5 nitrogen and oxygen atoms in total. The number of aliphatic hydroxyl groups is 1. The maximum Gasteiger partial charge on any atom is 0.244 e. The van der Waals surface area contributed by atoms with E-state index in [0.717, 1.165) is 5.56 Å². The third kappa shape index (κ3) is 6.65. The number of likely N-dealkylation sites (N-methyl/N-ethyl adjacent to an activating group) is 1. The molecule has 1 amide bonds. The molecule has 1 atom stereocenters. The topological polar surface area (TPSA) is 65.5 Å². The van der Waals surface area contributed by atoms with Crippen molar-refractivity contribution in [2.24, 2.45) is 0 Å². The summed E-state index contributed by atoms with van der Waals surface area (Å²) in [6.45, 7) is 2.34. The van der Waals surface area contributed by atoms with Crippen molar-refractivity contribution in [3.05, 3.63) is 35.1 Å². The average Bonchev–Trinajstić information content (AvgIpc) is 2.34. The SMILES string of the molecule is CN(C)CC(C)(O)CNC(=O)/C=C/c1ccc(Cl)nc1. The van der Waals surface area contributed by atoms with Gasteiger partial charge in [0.1, 0.15) is 5.15 Å². The van der Waals surface area contributed by atoms with E-state index < -0.39 is 5.60 Å². The van der Waals surface area contributed by atoms with Crippen molar-refractivity contribution in [2.75, 3.05) is 27.2 Å². The van der Waals surface area contributed by atoms with Gasteiger partial charge < -0.3 is 15.3 Å². The Kier molecular flexibility index (Phi) is 6.13. The predicted molar refractivity (Wildman–Crippen MR) is 80.5 cm³/mol. The lowest BCUT2D eigenvalue weighted by atomic mass is 10.1. The van der Waals surface area contributed by atoms with E-state index in [1.165, 1.54) is 6.08 Å². The number of halogens is 1. The van der Waals surface area contributed by atoms with Crippen LogP contribution in [0.5, 0.6) is 0 Å². The third-order valence-electron chi connectivity index (χ3n) is 2.48. The lowest BCUT2D eigenvalue weighted by Gasteiger charge is -2.26. The van der Waals surface area contributed by atoms with Crippen LogP contribution in [-0.2, 0) is 4.79 Å². The van der Waals surface area contributed by atoms with Crippen molar-refractivity contribution in [3.8, 4) is 0 Å². The Morgan fingerprint density at radius 3 is 2.80 bits per heavy atom. The highest BCUT2D eigenvalue weighted by molar-refractivity contribution is 6.29. The van der Waals surface area contributed by atoms with Gasteiger partial charge in [0.05, 0.1) is 5.60 Å². The Hall–Kier alpha value is -1.43. The van der Waals surface area contributed by atoms with Gasteiger partial charge in [-0.2, -0.15) is 0 Å². The van der Waals surface area contributed by atoms with Crippen LogP contribution in [0, 0.1) is 0 Å². The van der Waals surface area contributed by atoms with Gasteiger partial charge in [-0.3, -0.25) is 4.79 Å². The summed E-state index contributed by atoms with van der Waals surface area (Å²) < 4.78 is 0. The second kappa shape index (κ2) is 7.38. The van der Waals surface area contributed by atoms with Crippen molar-refractivity contribution in [2.45, 2.75) is 12.5 Å². The van der Waals surface area contributed by atoms with Gasteiger partial charge in [-0.05, 0) is 38.7 Å². The lowest BCUT2D eigenvalue weighted by molar-refractivity contribution is -0.117. The Bertz CT molecular complexity index is 470. The summed E-state index contributed by atoms with van der Waals surface area (Å²) in [6, 6.07) is 3.42. The van der Waals surface area contributed by atoms with Crippen molar-refractivity contribution >= 4 is 23.6 Å². The van der Waals surface area contributed by atoms with Gasteiger partial charge in [0.25, 0.3) is 0 Å². The zero-order valence-corrected chi connectivity index (χ0v) is 12.7. The molecule has 1 heterocycles. The predicted octanol–water partition coefficient (Wildman–Crippen LogP) is 1.18. The average molecular weight is 298 g/mol. The molecule has 0 radical (unpaired) electrons. The molecule has 1 aromatic rings. The third-order valence-corrected chi connectivity index (χ3v) is 2.70. The molecule has 0 bridgehead atoms. The fourth-order valence-electron chi connectivity index (χ4n) is 1.73. The summed E-state index contributed by atoms with van der Waals surface area (Å²) in [4.78, 5) is 17.4. The fraction of sp³-hybridized carbons (Fsp3) is 0.429. The highest BCUT2D eigenvalue weighted by Crippen LogP contribution is 2.06. The van der Waals surface area contributed by atoms with E-state index in [2.05, 4.69) is 10.3 Å². The van der Waals surface area contributed by atoms with Gasteiger partial charge in [-0.1, -0.05) is 17.7 Å². The number of carbonyl (C=O) groups is 1. The van der Waals surface area contributed by atoms with Crippen LogP contribution in [0.1, 0.15) is 12.5 Å². The molecule has 1 aromatic heterocycles. The standard InChI is InChI=1S/C14H20ClN3O2/c1-14(20,10-18(2)3)9-17-13(19)7-5-11-4-6-12(15)16-8-11/h4-8,20H,9-10H2,1-3H3,(H,17,19)/b7-5+. The summed E-state index contributed by atoms with van der Waals surface area (Å²) in [6.07, 6.45) is 4.62. The number of pyridine rings is 1. The molecular formula is C14H20ClN3O2.